The highest BCUT2D eigenvalue weighted by Crippen LogP contribution is 2.43. The van der Waals surface area contributed by atoms with Gasteiger partial charge in [0.25, 0.3) is 0 Å². The minimum absolute atomic E-state index is 0.209. The van der Waals surface area contributed by atoms with E-state index < -0.39 is 0 Å². The minimum atomic E-state index is -0.241. The lowest BCUT2D eigenvalue weighted by Gasteiger charge is -2.26. The second kappa shape index (κ2) is 14.4. The summed E-state index contributed by atoms with van der Waals surface area (Å²) in [5, 5.41) is 7.33. The summed E-state index contributed by atoms with van der Waals surface area (Å²) < 4.78 is 0. The molecule has 0 spiro atoms. The van der Waals surface area contributed by atoms with E-state index in [0.717, 1.165) is 79.3 Å². The second-order valence-electron chi connectivity index (χ2n) is 14.0. The van der Waals surface area contributed by atoms with Crippen molar-refractivity contribution in [2.75, 3.05) is 21.7 Å². The van der Waals surface area contributed by atoms with Crippen molar-refractivity contribution in [3.63, 3.8) is 0 Å². The zero-order valence-electron chi connectivity index (χ0n) is 30.7. The summed E-state index contributed by atoms with van der Waals surface area (Å²) in [6.07, 6.45) is 3.08. The van der Waals surface area contributed by atoms with Crippen LogP contribution in [-0.4, -0.2) is 11.9 Å². The van der Waals surface area contributed by atoms with Crippen molar-refractivity contribution in [1.29, 1.82) is 0 Å². The van der Waals surface area contributed by atoms with Crippen molar-refractivity contribution < 1.29 is 0 Å². The van der Waals surface area contributed by atoms with E-state index >= 15 is 0 Å². The quantitative estimate of drug-likeness (QED) is 0.118. The molecule has 2 unspecified atom stereocenters. The zero-order valence-corrected chi connectivity index (χ0v) is 30.7. The van der Waals surface area contributed by atoms with E-state index in [4.69, 9.17) is 16.5 Å². The molecular weight excluding hydrogens is 673 g/mol. The first-order valence-corrected chi connectivity index (χ1v) is 18.8. The molecule has 55 heavy (non-hydrogen) atoms. The Kier molecular flexibility index (Phi) is 8.84. The highest BCUT2D eigenvalue weighted by Gasteiger charge is 2.28. The van der Waals surface area contributed by atoms with Crippen molar-refractivity contribution in [1.82, 2.24) is 5.32 Å². The van der Waals surface area contributed by atoms with E-state index in [0.29, 0.717) is 11.4 Å². The largest absolute Gasteiger partial charge is 0.397 e. The fraction of sp³-hybridized carbons (Fsp3) is 0.0816. The van der Waals surface area contributed by atoms with Gasteiger partial charge in [-0.25, -0.2) is 0 Å². The zero-order chi connectivity index (χ0) is 37.3. The summed E-state index contributed by atoms with van der Waals surface area (Å²) in [7, 11) is 0. The summed E-state index contributed by atoms with van der Waals surface area (Å²) in [4.78, 5) is 7.53. The third-order valence-electron chi connectivity index (χ3n) is 10.7. The molecule has 6 nitrogen and oxygen atoms in total. The highest BCUT2D eigenvalue weighted by molar-refractivity contribution is 6.13. The molecule has 0 amide bonds. The Bertz CT molecular complexity index is 2540. The topological polar surface area (TPSA) is 91.7 Å². The number of allylic oxidation sites excluding steroid dienone is 1. The lowest BCUT2D eigenvalue weighted by molar-refractivity contribution is 0.664. The number of nitrogens with two attached hydrogens (primary N) is 2. The van der Waals surface area contributed by atoms with Crippen molar-refractivity contribution in [3.05, 3.63) is 193 Å². The van der Waals surface area contributed by atoms with Crippen LogP contribution in [0.4, 0.5) is 28.4 Å². The number of fused-ring (bicyclic) bond motifs is 1. The van der Waals surface area contributed by atoms with Gasteiger partial charge >= 0.3 is 0 Å². The van der Waals surface area contributed by atoms with Gasteiger partial charge in [-0.1, -0.05) is 146 Å². The standard InChI is InChI=1S/C49H42N6/c1-2-46-52-42-18-9-10-19-45(42)55(46)39-26-24-34(25-27-39)41-29-28-40(47(50)48(41)51)33-22-20-32(21-23-33)37-16-11-17-38(30-37)49-53-43(35-12-5-3-6-13-35)31-44(54-49)36-14-7-4-8-15-36/h3-31,46,49,52-53H,2,50-51H2,1H3. The summed E-state index contributed by atoms with van der Waals surface area (Å²) in [5.41, 5.74) is 29.6. The van der Waals surface area contributed by atoms with Crippen LogP contribution in [0.1, 0.15) is 36.2 Å². The average Bonchev–Trinajstić information content (AvgIpc) is 3.64. The van der Waals surface area contributed by atoms with Gasteiger partial charge in [-0.05, 0) is 81.8 Å². The SMILES string of the molecule is CCC1Nc2ccccc2N1c1ccc(-c2ccc(-c3ccc(-c4cccc(C5N=C(c6ccccc6)C=C(c6ccccc6)N5)c4)cc3)c(N)c2N)cc1. The molecule has 2 aliphatic rings. The predicted octanol–water partition coefficient (Wildman–Crippen LogP) is 11.3. The summed E-state index contributed by atoms with van der Waals surface area (Å²) in [6.45, 7) is 2.20. The van der Waals surface area contributed by atoms with Gasteiger partial charge in [-0.3, -0.25) is 4.99 Å². The molecule has 0 aliphatic carbocycles. The van der Waals surface area contributed by atoms with Gasteiger partial charge in [0.05, 0.1) is 28.5 Å². The number of rotatable bonds is 8. The fourth-order valence-corrected chi connectivity index (χ4v) is 7.74. The van der Waals surface area contributed by atoms with Crippen LogP contribution in [0.3, 0.4) is 0 Å². The van der Waals surface area contributed by atoms with Crippen molar-refractivity contribution in [2.24, 2.45) is 4.99 Å². The molecular formula is C49H42N6. The molecule has 0 bridgehead atoms. The third kappa shape index (κ3) is 6.48. The predicted molar refractivity (Wildman–Crippen MR) is 231 cm³/mol. The van der Waals surface area contributed by atoms with Gasteiger partial charge in [0.1, 0.15) is 12.3 Å². The molecule has 0 aromatic heterocycles. The van der Waals surface area contributed by atoms with Crippen LogP contribution in [0.2, 0.25) is 0 Å². The maximum absolute atomic E-state index is 6.76. The lowest BCUT2D eigenvalue weighted by Crippen LogP contribution is -2.30. The van der Waals surface area contributed by atoms with Crippen LogP contribution >= 0.6 is 0 Å². The molecule has 6 heteroatoms. The Balaban J connectivity index is 0.958. The number of anilines is 5. The number of hydrogen-bond acceptors (Lipinski definition) is 6. The average molecular weight is 715 g/mol. The molecule has 0 fully saturated rings. The van der Waals surface area contributed by atoms with Crippen molar-refractivity contribution in [2.45, 2.75) is 25.7 Å². The molecule has 2 atom stereocenters. The number of benzene rings is 7. The Morgan fingerprint density at radius 2 is 1.13 bits per heavy atom. The highest BCUT2D eigenvalue weighted by atomic mass is 15.3. The van der Waals surface area contributed by atoms with Gasteiger partial charge in [0.2, 0.25) is 0 Å². The first-order chi connectivity index (χ1) is 27.0. The summed E-state index contributed by atoms with van der Waals surface area (Å²) >= 11 is 0. The number of para-hydroxylation sites is 2. The van der Waals surface area contributed by atoms with Gasteiger partial charge in [-0.2, -0.15) is 0 Å². The van der Waals surface area contributed by atoms with Crippen LogP contribution in [0, 0.1) is 0 Å². The number of nitrogens with zero attached hydrogens (tertiary/aromatic N) is 2. The molecule has 9 rings (SSSR count). The monoisotopic (exact) mass is 714 g/mol. The molecule has 6 N–H and O–H groups in total. The van der Waals surface area contributed by atoms with E-state index in [1.807, 2.05) is 12.1 Å². The molecule has 2 heterocycles. The van der Waals surface area contributed by atoms with E-state index in [-0.39, 0.29) is 12.3 Å². The number of aliphatic imine (C=N–C) groups is 1. The molecule has 268 valence electrons. The Labute approximate surface area is 322 Å². The van der Waals surface area contributed by atoms with Gasteiger partial charge in [0, 0.05) is 22.5 Å². The normalized spacial score (nSPS) is 16.1. The van der Waals surface area contributed by atoms with E-state index in [2.05, 4.69) is 186 Å². The molecule has 0 saturated carbocycles. The molecule has 7 aromatic rings. The Morgan fingerprint density at radius 1 is 0.545 bits per heavy atom. The molecule has 0 saturated heterocycles. The Morgan fingerprint density at radius 3 is 1.80 bits per heavy atom. The fourth-order valence-electron chi connectivity index (χ4n) is 7.74. The molecule has 2 aliphatic heterocycles. The van der Waals surface area contributed by atoms with Crippen LogP contribution in [0.5, 0.6) is 0 Å². The van der Waals surface area contributed by atoms with Crippen molar-refractivity contribution >= 4 is 39.8 Å². The third-order valence-corrected chi connectivity index (χ3v) is 10.7. The number of nitrogens with one attached hydrogen (secondary N) is 2. The van der Waals surface area contributed by atoms with Gasteiger partial charge < -0.3 is 27.0 Å². The minimum Gasteiger partial charge on any atom is -0.397 e. The van der Waals surface area contributed by atoms with Crippen LogP contribution in [-0.2, 0) is 0 Å². The summed E-state index contributed by atoms with van der Waals surface area (Å²) in [5.74, 6) is 0. The Hall–Kier alpha value is -7.05. The lowest BCUT2D eigenvalue weighted by atomic mass is 9.94. The van der Waals surface area contributed by atoms with Gasteiger partial charge in [0.15, 0.2) is 0 Å². The second-order valence-corrected chi connectivity index (χ2v) is 14.0. The maximum atomic E-state index is 6.76. The maximum Gasteiger partial charge on any atom is 0.145 e. The smallest absolute Gasteiger partial charge is 0.145 e. The first-order valence-electron chi connectivity index (χ1n) is 18.8. The number of nitrogen functional groups attached to an aromatic ring is 2. The van der Waals surface area contributed by atoms with Crippen LogP contribution in [0.15, 0.2) is 181 Å². The van der Waals surface area contributed by atoms with E-state index in [9.17, 15) is 0 Å². The van der Waals surface area contributed by atoms with Crippen LogP contribution < -0.4 is 27.0 Å². The molecule has 7 aromatic carbocycles. The first kappa shape index (κ1) is 33.8. The van der Waals surface area contributed by atoms with Crippen LogP contribution in [0.25, 0.3) is 39.1 Å². The summed E-state index contributed by atoms with van der Waals surface area (Å²) in [6, 6.07) is 59.1. The van der Waals surface area contributed by atoms with Crippen molar-refractivity contribution in [3.8, 4) is 33.4 Å². The van der Waals surface area contributed by atoms with Gasteiger partial charge in [-0.15, -0.1) is 0 Å². The van der Waals surface area contributed by atoms with E-state index in [1.165, 1.54) is 5.69 Å². The van der Waals surface area contributed by atoms with E-state index in [1.54, 1.807) is 0 Å². The molecule has 0 radical (unpaired) electrons. The number of hydrogen-bond donors (Lipinski definition) is 4.